The molecule has 1 N–H and O–H groups in total. The summed E-state index contributed by atoms with van der Waals surface area (Å²) in [5.74, 6) is 1.49. The molecule has 0 bridgehead atoms. The molecule has 0 aliphatic carbocycles. The maximum Gasteiger partial charge on any atom is 0.123 e. The van der Waals surface area contributed by atoms with E-state index in [9.17, 15) is 0 Å². The van der Waals surface area contributed by atoms with Gasteiger partial charge in [0, 0.05) is 29.2 Å². The van der Waals surface area contributed by atoms with Crippen LogP contribution in [-0.2, 0) is 11.3 Å². The molecular formula is C16H26BrNO2. The SMILES string of the molecule is CC(C)COCCOc1ccc(Br)cc1CNC(C)C. The Kier molecular flexibility index (Phi) is 8.19. The summed E-state index contributed by atoms with van der Waals surface area (Å²) >= 11 is 3.50. The normalized spacial score (nSPS) is 11.3. The van der Waals surface area contributed by atoms with Gasteiger partial charge in [-0.05, 0) is 24.1 Å². The highest BCUT2D eigenvalue weighted by Crippen LogP contribution is 2.23. The fraction of sp³-hybridized carbons (Fsp3) is 0.625. The van der Waals surface area contributed by atoms with Crippen LogP contribution in [0.2, 0.25) is 0 Å². The summed E-state index contributed by atoms with van der Waals surface area (Å²) in [6.45, 7) is 11.4. The molecule has 0 aliphatic rings. The molecule has 0 saturated carbocycles. The van der Waals surface area contributed by atoms with Crippen molar-refractivity contribution in [1.29, 1.82) is 0 Å². The van der Waals surface area contributed by atoms with Crippen molar-refractivity contribution in [2.24, 2.45) is 5.92 Å². The van der Waals surface area contributed by atoms with Crippen molar-refractivity contribution >= 4 is 15.9 Å². The van der Waals surface area contributed by atoms with Crippen LogP contribution in [-0.4, -0.2) is 25.9 Å². The van der Waals surface area contributed by atoms with E-state index in [1.165, 1.54) is 0 Å². The lowest BCUT2D eigenvalue weighted by atomic mass is 10.2. The first-order valence-corrected chi connectivity index (χ1v) is 8.00. The lowest BCUT2D eigenvalue weighted by Gasteiger charge is -2.14. The Morgan fingerprint density at radius 3 is 2.55 bits per heavy atom. The van der Waals surface area contributed by atoms with Gasteiger partial charge >= 0.3 is 0 Å². The highest BCUT2D eigenvalue weighted by molar-refractivity contribution is 9.10. The minimum Gasteiger partial charge on any atom is -0.491 e. The first-order chi connectivity index (χ1) is 9.49. The minimum atomic E-state index is 0.455. The number of benzene rings is 1. The first kappa shape index (κ1) is 17.5. The van der Waals surface area contributed by atoms with Crippen LogP contribution in [0.15, 0.2) is 22.7 Å². The minimum absolute atomic E-state index is 0.455. The van der Waals surface area contributed by atoms with Gasteiger partial charge in [-0.3, -0.25) is 0 Å². The van der Waals surface area contributed by atoms with Crippen LogP contribution in [0, 0.1) is 5.92 Å². The molecule has 0 heterocycles. The van der Waals surface area contributed by atoms with Crippen LogP contribution in [0.5, 0.6) is 5.75 Å². The average Bonchev–Trinajstić information content (AvgIpc) is 2.37. The van der Waals surface area contributed by atoms with Gasteiger partial charge in [-0.15, -0.1) is 0 Å². The highest BCUT2D eigenvalue weighted by atomic mass is 79.9. The zero-order valence-corrected chi connectivity index (χ0v) is 14.5. The second-order valence-electron chi connectivity index (χ2n) is 5.60. The van der Waals surface area contributed by atoms with Crippen molar-refractivity contribution in [3.63, 3.8) is 0 Å². The molecule has 1 aromatic rings. The fourth-order valence-electron chi connectivity index (χ4n) is 1.67. The Morgan fingerprint density at radius 1 is 1.15 bits per heavy atom. The maximum atomic E-state index is 5.82. The second-order valence-corrected chi connectivity index (χ2v) is 6.52. The smallest absolute Gasteiger partial charge is 0.123 e. The summed E-state index contributed by atoms with van der Waals surface area (Å²) in [6.07, 6.45) is 0. The lowest BCUT2D eigenvalue weighted by Crippen LogP contribution is -2.22. The molecule has 4 heteroatoms. The molecule has 0 aromatic heterocycles. The molecule has 1 aromatic carbocycles. The van der Waals surface area contributed by atoms with E-state index in [1.807, 2.05) is 12.1 Å². The largest absolute Gasteiger partial charge is 0.491 e. The third kappa shape index (κ3) is 7.27. The molecule has 0 amide bonds. The quantitative estimate of drug-likeness (QED) is 0.687. The van der Waals surface area contributed by atoms with Crippen LogP contribution < -0.4 is 10.1 Å². The standard InChI is InChI=1S/C16H26BrNO2/c1-12(2)11-19-7-8-20-16-6-5-15(17)9-14(16)10-18-13(3)4/h5-6,9,12-13,18H,7-8,10-11H2,1-4H3. The van der Waals surface area contributed by atoms with E-state index in [-0.39, 0.29) is 0 Å². The zero-order valence-electron chi connectivity index (χ0n) is 12.9. The molecule has 0 aliphatic heterocycles. The first-order valence-electron chi connectivity index (χ1n) is 7.21. The number of halogens is 1. The van der Waals surface area contributed by atoms with Gasteiger partial charge in [0.2, 0.25) is 0 Å². The molecule has 114 valence electrons. The Bertz CT molecular complexity index is 394. The second kappa shape index (κ2) is 9.37. The maximum absolute atomic E-state index is 5.82. The number of hydrogen-bond acceptors (Lipinski definition) is 3. The number of rotatable bonds is 9. The Morgan fingerprint density at radius 2 is 1.90 bits per heavy atom. The topological polar surface area (TPSA) is 30.5 Å². The fourth-order valence-corrected chi connectivity index (χ4v) is 2.08. The predicted octanol–water partition coefficient (Wildman–Crippen LogP) is 4.00. The van der Waals surface area contributed by atoms with Crippen molar-refractivity contribution in [2.75, 3.05) is 19.8 Å². The summed E-state index contributed by atoms with van der Waals surface area (Å²) in [5, 5.41) is 3.41. The molecule has 0 spiro atoms. The molecule has 1 rings (SSSR count). The van der Waals surface area contributed by atoms with E-state index < -0.39 is 0 Å². The van der Waals surface area contributed by atoms with Crippen LogP contribution in [0.4, 0.5) is 0 Å². The average molecular weight is 344 g/mol. The van der Waals surface area contributed by atoms with Gasteiger partial charge in [-0.1, -0.05) is 43.6 Å². The summed E-state index contributed by atoms with van der Waals surface area (Å²) in [4.78, 5) is 0. The lowest BCUT2D eigenvalue weighted by molar-refractivity contribution is 0.0816. The van der Waals surface area contributed by atoms with Crippen molar-refractivity contribution in [1.82, 2.24) is 5.32 Å². The highest BCUT2D eigenvalue weighted by Gasteiger charge is 2.05. The van der Waals surface area contributed by atoms with Crippen LogP contribution >= 0.6 is 15.9 Å². The van der Waals surface area contributed by atoms with E-state index in [0.29, 0.717) is 25.2 Å². The third-order valence-corrected chi connectivity index (χ3v) is 3.15. The Balaban J connectivity index is 2.47. The summed E-state index contributed by atoms with van der Waals surface area (Å²) in [6, 6.07) is 6.56. The van der Waals surface area contributed by atoms with Crippen LogP contribution in [0.25, 0.3) is 0 Å². The molecule has 0 unspecified atom stereocenters. The van der Waals surface area contributed by atoms with Crippen molar-refractivity contribution < 1.29 is 9.47 Å². The molecule has 0 radical (unpaired) electrons. The molecular weight excluding hydrogens is 318 g/mol. The van der Waals surface area contributed by atoms with Crippen LogP contribution in [0.1, 0.15) is 33.3 Å². The van der Waals surface area contributed by atoms with Crippen LogP contribution in [0.3, 0.4) is 0 Å². The van der Waals surface area contributed by atoms with Gasteiger partial charge in [0.1, 0.15) is 12.4 Å². The van der Waals surface area contributed by atoms with Gasteiger partial charge in [-0.2, -0.15) is 0 Å². The van der Waals surface area contributed by atoms with E-state index in [2.05, 4.69) is 55.0 Å². The van der Waals surface area contributed by atoms with E-state index in [0.717, 1.165) is 28.9 Å². The van der Waals surface area contributed by atoms with Crippen molar-refractivity contribution in [3.05, 3.63) is 28.2 Å². The summed E-state index contributed by atoms with van der Waals surface area (Å²) < 4.78 is 12.4. The monoisotopic (exact) mass is 343 g/mol. The Labute approximate surface area is 131 Å². The molecule has 0 saturated heterocycles. The van der Waals surface area contributed by atoms with E-state index in [4.69, 9.17) is 9.47 Å². The number of ether oxygens (including phenoxy) is 2. The van der Waals surface area contributed by atoms with E-state index >= 15 is 0 Å². The predicted molar refractivity (Wildman–Crippen MR) is 87.3 cm³/mol. The van der Waals surface area contributed by atoms with Gasteiger partial charge in [0.25, 0.3) is 0 Å². The van der Waals surface area contributed by atoms with Gasteiger partial charge in [-0.25, -0.2) is 0 Å². The third-order valence-electron chi connectivity index (χ3n) is 2.66. The molecule has 0 atom stereocenters. The zero-order chi connectivity index (χ0) is 15.0. The van der Waals surface area contributed by atoms with E-state index in [1.54, 1.807) is 0 Å². The molecule has 0 fully saturated rings. The molecule has 20 heavy (non-hydrogen) atoms. The summed E-state index contributed by atoms with van der Waals surface area (Å²) in [7, 11) is 0. The number of hydrogen-bond donors (Lipinski definition) is 1. The van der Waals surface area contributed by atoms with Gasteiger partial charge in [0.15, 0.2) is 0 Å². The van der Waals surface area contributed by atoms with Gasteiger partial charge in [0.05, 0.1) is 6.61 Å². The Hall–Kier alpha value is -0.580. The molecule has 3 nitrogen and oxygen atoms in total. The van der Waals surface area contributed by atoms with Gasteiger partial charge < -0.3 is 14.8 Å². The van der Waals surface area contributed by atoms with Crippen molar-refractivity contribution in [3.8, 4) is 5.75 Å². The summed E-state index contributed by atoms with van der Waals surface area (Å²) in [5.41, 5.74) is 1.16. The van der Waals surface area contributed by atoms with Crippen molar-refractivity contribution in [2.45, 2.75) is 40.3 Å². The number of nitrogens with one attached hydrogen (secondary N) is 1.